The van der Waals surface area contributed by atoms with Crippen LogP contribution in [0.3, 0.4) is 0 Å². The van der Waals surface area contributed by atoms with Gasteiger partial charge in [0.05, 0.1) is 27.9 Å². The molecule has 4 rings (SSSR count). The predicted octanol–water partition coefficient (Wildman–Crippen LogP) is 5.19. The molecule has 1 N–H and O–H groups in total. The van der Waals surface area contributed by atoms with E-state index in [0.29, 0.717) is 0 Å². The maximum atomic E-state index is 13.2. The molecule has 1 saturated heterocycles. The minimum Gasteiger partial charge on any atom is -0.387 e. The second-order valence-electron chi connectivity index (χ2n) is 6.77. The van der Waals surface area contributed by atoms with E-state index < -0.39 is 17.8 Å². The summed E-state index contributed by atoms with van der Waals surface area (Å²) in [4.78, 5) is 6.75. The number of thiazole rings is 1. The van der Waals surface area contributed by atoms with Crippen molar-refractivity contribution >= 4 is 21.6 Å². The molecule has 0 saturated carbocycles. The van der Waals surface area contributed by atoms with Gasteiger partial charge in [0, 0.05) is 6.54 Å². The van der Waals surface area contributed by atoms with Crippen LogP contribution in [-0.4, -0.2) is 28.1 Å². The summed E-state index contributed by atoms with van der Waals surface area (Å²) in [6.07, 6.45) is -3.84. The number of benzene rings is 2. The fraction of sp³-hybridized carbons (Fsp3) is 0.350. The number of aliphatic hydroxyl groups is 1. The SMILES string of the molecule is O[C@H](CN1CCC[C@H]1c1nc2ccccc2s1)c1ccccc1C(F)(F)F. The number of alkyl halides is 3. The highest BCUT2D eigenvalue weighted by molar-refractivity contribution is 7.18. The van der Waals surface area contributed by atoms with E-state index in [1.807, 2.05) is 24.3 Å². The molecular formula is C20H19F3N2OS. The van der Waals surface area contributed by atoms with E-state index in [9.17, 15) is 18.3 Å². The third-order valence-electron chi connectivity index (χ3n) is 4.99. The Bertz CT molecular complexity index is 907. The van der Waals surface area contributed by atoms with Crippen molar-refractivity contribution in [2.75, 3.05) is 13.1 Å². The highest BCUT2D eigenvalue weighted by Crippen LogP contribution is 2.39. The van der Waals surface area contributed by atoms with Crippen LogP contribution in [-0.2, 0) is 6.18 Å². The summed E-state index contributed by atoms with van der Waals surface area (Å²) in [6, 6.07) is 13.2. The van der Waals surface area contributed by atoms with Crippen LogP contribution in [0.5, 0.6) is 0 Å². The minimum absolute atomic E-state index is 0.0371. The lowest BCUT2D eigenvalue weighted by Crippen LogP contribution is -2.29. The van der Waals surface area contributed by atoms with E-state index in [4.69, 9.17) is 4.98 Å². The first-order valence-electron chi connectivity index (χ1n) is 8.87. The number of fused-ring (bicyclic) bond motifs is 1. The molecule has 0 radical (unpaired) electrons. The van der Waals surface area contributed by atoms with Crippen molar-refractivity contribution in [1.82, 2.24) is 9.88 Å². The maximum absolute atomic E-state index is 13.2. The number of halogens is 3. The topological polar surface area (TPSA) is 36.4 Å². The van der Waals surface area contributed by atoms with Crippen LogP contribution >= 0.6 is 11.3 Å². The fourth-order valence-corrected chi connectivity index (χ4v) is 4.86. The summed E-state index contributed by atoms with van der Waals surface area (Å²) in [6.45, 7) is 0.902. The molecule has 2 aromatic carbocycles. The molecule has 0 spiro atoms. The lowest BCUT2D eigenvalue weighted by Gasteiger charge is -2.26. The van der Waals surface area contributed by atoms with E-state index in [-0.39, 0.29) is 18.2 Å². The number of hydrogen-bond acceptors (Lipinski definition) is 4. The van der Waals surface area contributed by atoms with Crippen molar-refractivity contribution in [2.24, 2.45) is 0 Å². The van der Waals surface area contributed by atoms with Crippen LogP contribution < -0.4 is 0 Å². The molecule has 7 heteroatoms. The third kappa shape index (κ3) is 3.72. The molecule has 1 aliphatic heterocycles. The van der Waals surface area contributed by atoms with Crippen LogP contribution in [0.15, 0.2) is 48.5 Å². The summed E-state index contributed by atoms with van der Waals surface area (Å²) in [7, 11) is 0. The first-order valence-corrected chi connectivity index (χ1v) is 9.69. The van der Waals surface area contributed by atoms with Gasteiger partial charge in [-0.1, -0.05) is 30.3 Å². The van der Waals surface area contributed by atoms with Gasteiger partial charge in [-0.3, -0.25) is 4.90 Å². The Balaban J connectivity index is 1.57. The van der Waals surface area contributed by atoms with Crippen LogP contribution in [0.4, 0.5) is 13.2 Å². The van der Waals surface area contributed by atoms with Gasteiger partial charge in [0.25, 0.3) is 0 Å². The molecule has 1 fully saturated rings. The molecule has 142 valence electrons. The molecular weight excluding hydrogens is 373 g/mol. The average molecular weight is 392 g/mol. The van der Waals surface area contributed by atoms with Gasteiger partial charge in [-0.15, -0.1) is 11.3 Å². The second-order valence-corrected chi connectivity index (χ2v) is 7.84. The molecule has 0 aliphatic carbocycles. The molecule has 1 aliphatic rings. The van der Waals surface area contributed by atoms with E-state index in [1.165, 1.54) is 18.2 Å². The lowest BCUT2D eigenvalue weighted by atomic mass is 10.0. The van der Waals surface area contributed by atoms with Gasteiger partial charge < -0.3 is 5.11 Å². The van der Waals surface area contributed by atoms with Crippen LogP contribution in [0.25, 0.3) is 10.2 Å². The minimum atomic E-state index is -4.48. The highest BCUT2D eigenvalue weighted by atomic mass is 32.1. The number of aliphatic hydroxyl groups excluding tert-OH is 1. The van der Waals surface area contributed by atoms with Gasteiger partial charge >= 0.3 is 6.18 Å². The lowest BCUT2D eigenvalue weighted by molar-refractivity contribution is -0.139. The first-order chi connectivity index (χ1) is 12.9. The molecule has 1 aromatic heterocycles. The number of likely N-dealkylation sites (tertiary alicyclic amines) is 1. The first kappa shape index (κ1) is 18.4. The Morgan fingerprint density at radius 3 is 2.67 bits per heavy atom. The molecule has 3 nitrogen and oxygen atoms in total. The van der Waals surface area contributed by atoms with E-state index >= 15 is 0 Å². The van der Waals surface area contributed by atoms with Crippen molar-refractivity contribution in [3.63, 3.8) is 0 Å². The summed E-state index contributed by atoms with van der Waals surface area (Å²) in [5, 5.41) is 11.5. The standard InChI is InChI=1S/C20H19F3N2OS/c21-20(22,23)14-7-2-1-6-13(14)17(26)12-25-11-5-9-16(25)19-24-15-8-3-4-10-18(15)27-19/h1-4,6-8,10,16-17,26H,5,9,11-12H2/t16-,17+/m0/s1. The fourth-order valence-electron chi connectivity index (χ4n) is 3.72. The predicted molar refractivity (Wildman–Crippen MR) is 99.6 cm³/mol. The number of nitrogens with zero attached hydrogens (tertiary/aromatic N) is 2. The summed E-state index contributed by atoms with van der Waals surface area (Å²) < 4.78 is 40.8. The van der Waals surface area contributed by atoms with Crippen LogP contribution in [0.1, 0.15) is 41.1 Å². The zero-order valence-corrected chi connectivity index (χ0v) is 15.3. The zero-order valence-electron chi connectivity index (χ0n) is 14.5. The Morgan fingerprint density at radius 2 is 1.89 bits per heavy atom. The zero-order chi connectivity index (χ0) is 19.0. The van der Waals surface area contributed by atoms with Crippen molar-refractivity contribution in [1.29, 1.82) is 0 Å². The molecule has 0 unspecified atom stereocenters. The molecule has 3 aromatic rings. The van der Waals surface area contributed by atoms with Crippen molar-refractivity contribution in [3.8, 4) is 0 Å². The largest absolute Gasteiger partial charge is 0.416 e. The van der Waals surface area contributed by atoms with Gasteiger partial charge in [-0.2, -0.15) is 13.2 Å². The van der Waals surface area contributed by atoms with Gasteiger partial charge in [-0.05, 0) is 43.1 Å². The van der Waals surface area contributed by atoms with Crippen molar-refractivity contribution in [3.05, 3.63) is 64.7 Å². The van der Waals surface area contributed by atoms with E-state index in [2.05, 4.69) is 4.90 Å². The van der Waals surface area contributed by atoms with E-state index in [1.54, 1.807) is 11.3 Å². The Kier molecular flexibility index (Phi) is 4.92. The van der Waals surface area contributed by atoms with Crippen LogP contribution in [0.2, 0.25) is 0 Å². The van der Waals surface area contributed by atoms with E-state index in [0.717, 1.165) is 40.7 Å². The Hall–Kier alpha value is -1.96. The van der Waals surface area contributed by atoms with Gasteiger partial charge in [0.1, 0.15) is 5.01 Å². The number of hydrogen-bond donors (Lipinski definition) is 1. The Labute approximate surface area is 159 Å². The van der Waals surface area contributed by atoms with Gasteiger partial charge in [0.2, 0.25) is 0 Å². The van der Waals surface area contributed by atoms with Crippen LogP contribution in [0, 0.1) is 0 Å². The summed E-state index contributed by atoms with van der Waals surface area (Å²) in [5.74, 6) is 0. The third-order valence-corrected chi connectivity index (χ3v) is 6.13. The van der Waals surface area contributed by atoms with Gasteiger partial charge in [-0.25, -0.2) is 4.98 Å². The summed E-state index contributed by atoms with van der Waals surface area (Å²) in [5.41, 5.74) is 0.0977. The monoisotopic (exact) mass is 392 g/mol. The number of rotatable bonds is 4. The van der Waals surface area contributed by atoms with Crippen molar-refractivity contribution < 1.29 is 18.3 Å². The van der Waals surface area contributed by atoms with Crippen molar-refractivity contribution in [2.45, 2.75) is 31.2 Å². The normalized spacial score (nSPS) is 19.6. The molecule has 27 heavy (non-hydrogen) atoms. The maximum Gasteiger partial charge on any atom is 0.416 e. The summed E-state index contributed by atoms with van der Waals surface area (Å²) >= 11 is 1.61. The second kappa shape index (κ2) is 7.22. The molecule has 2 atom stereocenters. The molecule has 2 heterocycles. The number of β-amino-alcohol motifs (C(OH)–C–C–N with tert-alkyl or cyclic N) is 1. The quantitative estimate of drug-likeness (QED) is 0.664. The molecule has 0 amide bonds. The average Bonchev–Trinajstić information content (AvgIpc) is 3.27. The highest BCUT2D eigenvalue weighted by Gasteiger charge is 2.36. The Morgan fingerprint density at radius 1 is 1.15 bits per heavy atom. The smallest absolute Gasteiger partial charge is 0.387 e. The number of para-hydroxylation sites is 1. The number of aromatic nitrogens is 1. The van der Waals surface area contributed by atoms with Gasteiger partial charge in [0.15, 0.2) is 0 Å². The molecule has 0 bridgehead atoms.